The second-order valence-corrected chi connectivity index (χ2v) is 8.38. The molecule has 6 nitrogen and oxygen atoms in total. The summed E-state index contributed by atoms with van der Waals surface area (Å²) in [5.41, 5.74) is 2.48. The quantitative estimate of drug-likeness (QED) is 0.604. The van der Waals surface area contributed by atoms with E-state index in [9.17, 15) is 13.2 Å². The van der Waals surface area contributed by atoms with Gasteiger partial charge < -0.3 is 13.7 Å². The van der Waals surface area contributed by atoms with Crippen LogP contribution in [0.3, 0.4) is 0 Å². The SMILES string of the molecule is Cc1cc(C)c(C2=C(OS(C)(=O)=O)C3(CCCOC3)OC2=O)c(C)c1. The Bertz CT molecular complexity index is 837. The number of esters is 1. The number of ether oxygens (including phenoxy) is 2. The van der Waals surface area contributed by atoms with Crippen LogP contribution in [0, 0.1) is 20.8 Å². The van der Waals surface area contributed by atoms with Crippen molar-refractivity contribution in [3.63, 3.8) is 0 Å². The first-order valence-corrected chi connectivity index (χ1v) is 9.98. The van der Waals surface area contributed by atoms with Gasteiger partial charge in [0.2, 0.25) is 0 Å². The molecule has 2 aliphatic rings. The Morgan fingerprint density at radius 1 is 1.16 bits per heavy atom. The third kappa shape index (κ3) is 3.30. The zero-order chi connectivity index (χ0) is 18.4. The van der Waals surface area contributed by atoms with Crippen LogP contribution in [-0.2, 0) is 28.6 Å². The minimum Gasteiger partial charge on any atom is -0.445 e. The highest BCUT2D eigenvalue weighted by molar-refractivity contribution is 7.86. The average Bonchev–Trinajstić information content (AvgIpc) is 2.70. The van der Waals surface area contributed by atoms with Crippen molar-refractivity contribution in [2.45, 2.75) is 39.2 Å². The highest BCUT2D eigenvalue weighted by atomic mass is 32.2. The molecule has 2 aliphatic heterocycles. The number of carbonyl (C=O) groups is 1. The van der Waals surface area contributed by atoms with Crippen LogP contribution in [0.2, 0.25) is 0 Å². The van der Waals surface area contributed by atoms with Crippen LogP contribution < -0.4 is 0 Å². The molecule has 1 unspecified atom stereocenters. The summed E-state index contributed by atoms with van der Waals surface area (Å²) in [4.78, 5) is 12.7. The van der Waals surface area contributed by atoms with Crippen LogP contribution in [0.4, 0.5) is 0 Å². The second-order valence-electron chi connectivity index (χ2n) is 6.81. The minimum atomic E-state index is -3.83. The number of aryl methyl sites for hydroxylation is 3. The average molecular weight is 366 g/mol. The Hall–Kier alpha value is -1.86. The lowest BCUT2D eigenvalue weighted by Gasteiger charge is -2.32. The Morgan fingerprint density at radius 3 is 2.32 bits per heavy atom. The monoisotopic (exact) mass is 366 g/mol. The van der Waals surface area contributed by atoms with Gasteiger partial charge >= 0.3 is 16.1 Å². The van der Waals surface area contributed by atoms with Gasteiger partial charge in [0.05, 0.1) is 12.9 Å². The lowest BCUT2D eigenvalue weighted by atomic mass is 9.88. The predicted molar refractivity (Wildman–Crippen MR) is 92.4 cm³/mol. The summed E-state index contributed by atoms with van der Waals surface area (Å²) in [6.45, 7) is 6.38. The largest absolute Gasteiger partial charge is 0.445 e. The summed E-state index contributed by atoms with van der Waals surface area (Å²) >= 11 is 0. The van der Waals surface area contributed by atoms with Crippen LogP contribution in [0.25, 0.3) is 5.57 Å². The molecule has 1 saturated heterocycles. The van der Waals surface area contributed by atoms with E-state index >= 15 is 0 Å². The van der Waals surface area contributed by atoms with Crippen molar-refractivity contribution in [1.82, 2.24) is 0 Å². The molecular formula is C18H22O6S. The van der Waals surface area contributed by atoms with E-state index in [2.05, 4.69) is 0 Å². The maximum Gasteiger partial charge on any atom is 0.343 e. The number of carbonyl (C=O) groups excluding carboxylic acids is 1. The summed E-state index contributed by atoms with van der Waals surface area (Å²) in [6, 6.07) is 3.89. The molecule has 1 fully saturated rings. The Morgan fingerprint density at radius 2 is 1.80 bits per heavy atom. The molecule has 1 spiro atoms. The second kappa shape index (κ2) is 6.14. The molecule has 0 amide bonds. The number of rotatable bonds is 3. The van der Waals surface area contributed by atoms with Crippen molar-refractivity contribution in [2.75, 3.05) is 19.5 Å². The molecule has 1 aromatic carbocycles. The fraction of sp³-hybridized carbons (Fsp3) is 0.500. The molecule has 0 bridgehead atoms. The van der Waals surface area contributed by atoms with Gasteiger partial charge in [-0.05, 0) is 50.3 Å². The molecule has 0 aliphatic carbocycles. The zero-order valence-electron chi connectivity index (χ0n) is 14.8. The maximum absolute atomic E-state index is 12.7. The molecule has 1 aromatic rings. The van der Waals surface area contributed by atoms with E-state index in [0.29, 0.717) is 25.0 Å². The maximum atomic E-state index is 12.7. The van der Waals surface area contributed by atoms with Gasteiger partial charge in [0.25, 0.3) is 0 Å². The molecule has 25 heavy (non-hydrogen) atoms. The topological polar surface area (TPSA) is 78.9 Å². The molecule has 0 aromatic heterocycles. The highest BCUT2D eigenvalue weighted by Crippen LogP contribution is 2.45. The fourth-order valence-corrected chi connectivity index (χ4v) is 4.22. The number of hydrogen-bond donors (Lipinski definition) is 0. The lowest BCUT2D eigenvalue weighted by molar-refractivity contribution is -0.158. The number of hydrogen-bond acceptors (Lipinski definition) is 6. The molecule has 0 radical (unpaired) electrons. The highest BCUT2D eigenvalue weighted by Gasteiger charge is 2.52. The van der Waals surface area contributed by atoms with E-state index < -0.39 is 21.7 Å². The molecule has 3 rings (SSSR count). The summed E-state index contributed by atoms with van der Waals surface area (Å²) in [6.07, 6.45) is 2.09. The predicted octanol–water partition coefficient (Wildman–Crippen LogP) is 2.41. The standard InChI is InChI=1S/C18H22O6S/c1-11-8-12(2)14(13(3)9-11)15-16(24-25(4,20)21)18(23-17(15)19)6-5-7-22-10-18/h8-9H,5-7,10H2,1-4H3. The molecule has 0 saturated carbocycles. The zero-order valence-corrected chi connectivity index (χ0v) is 15.7. The van der Waals surface area contributed by atoms with Crippen LogP contribution in [-0.4, -0.2) is 39.5 Å². The minimum absolute atomic E-state index is 0.0507. The van der Waals surface area contributed by atoms with Crippen molar-refractivity contribution < 1.29 is 26.9 Å². The summed E-state index contributed by atoms with van der Waals surface area (Å²) in [5.74, 6) is -0.519. The van der Waals surface area contributed by atoms with E-state index in [1.54, 1.807) is 0 Å². The smallest absolute Gasteiger partial charge is 0.343 e. The van der Waals surface area contributed by atoms with Crippen molar-refractivity contribution in [3.8, 4) is 0 Å². The van der Waals surface area contributed by atoms with E-state index in [-0.39, 0.29) is 17.9 Å². The summed E-state index contributed by atoms with van der Waals surface area (Å²) < 4.78 is 40.1. The van der Waals surface area contributed by atoms with Crippen LogP contribution in [0.15, 0.2) is 17.9 Å². The molecule has 1 atom stereocenters. The van der Waals surface area contributed by atoms with E-state index in [4.69, 9.17) is 13.7 Å². The van der Waals surface area contributed by atoms with Gasteiger partial charge in [-0.1, -0.05) is 17.7 Å². The molecule has 136 valence electrons. The van der Waals surface area contributed by atoms with E-state index in [1.165, 1.54) is 0 Å². The third-order valence-electron chi connectivity index (χ3n) is 4.50. The summed E-state index contributed by atoms with van der Waals surface area (Å²) in [7, 11) is -3.83. The normalized spacial score (nSPS) is 23.9. The van der Waals surface area contributed by atoms with Gasteiger partial charge in [-0.25, -0.2) is 4.79 Å². The van der Waals surface area contributed by atoms with Gasteiger partial charge in [0.1, 0.15) is 5.57 Å². The van der Waals surface area contributed by atoms with E-state index in [1.807, 2.05) is 32.9 Å². The van der Waals surface area contributed by atoms with Gasteiger partial charge in [0.15, 0.2) is 11.4 Å². The first kappa shape index (κ1) is 17.9. The van der Waals surface area contributed by atoms with Crippen molar-refractivity contribution >= 4 is 21.7 Å². The van der Waals surface area contributed by atoms with Gasteiger partial charge in [-0.2, -0.15) is 8.42 Å². The first-order valence-electron chi connectivity index (χ1n) is 8.16. The third-order valence-corrected chi connectivity index (χ3v) is 4.97. The molecule has 0 N–H and O–H groups in total. The Labute approximate surface area is 147 Å². The van der Waals surface area contributed by atoms with Crippen molar-refractivity contribution in [3.05, 3.63) is 40.1 Å². The van der Waals surface area contributed by atoms with Crippen LogP contribution >= 0.6 is 0 Å². The van der Waals surface area contributed by atoms with E-state index in [0.717, 1.165) is 22.9 Å². The Kier molecular flexibility index (Phi) is 4.41. The summed E-state index contributed by atoms with van der Waals surface area (Å²) in [5, 5.41) is 0. The van der Waals surface area contributed by atoms with Gasteiger partial charge in [-0.3, -0.25) is 0 Å². The van der Waals surface area contributed by atoms with Gasteiger partial charge in [0, 0.05) is 6.61 Å². The van der Waals surface area contributed by atoms with Crippen molar-refractivity contribution in [1.29, 1.82) is 0 Å². The first-order chi connectivity index (χ1) is 11.6. The number of benzene rings is 1. The lowest BCUT2D eigenvalue weighted by Crippen LogP contribution is -2.42. The fourth-order valence-electron chi connectivity index (χ4n) is 3.68. The molecule has 2 heterocycles. The van der Waals surface area contributed by atoms with Crippen molar-refractivity contribution in [2.24, 2.45) is 0 Å². The van der Waals surface area contributed by atoms with Crippen LogP contribution in [0.5, 0.6) is 0 Å². The molecule has 7 heteroatoms. The Balaban J connectivity index is 2.26. The molecular weight excluding hydrogens is 344 g/mol. The van der Waals surface area contributed by atoms with Gasteiger partial charge in [-0.15, -0.1) is 0 Å². The van der Waals surface area contributed by atoms with Crippen LogP contribution in [0.1, 0.15) is 35.1 Å².